The zero-order valence-electron chi connectivity index (χ0n) is 11.9. The van der Waals surface area contributed by atoms with E-state index in [4.69, 9.17) is 11.6 Å². The predicted octanol–water partition coefficient (Wildman–Crippen LogP) is 4.86. The van der Waals surface area contributed by atoms with Gasteiger partial charge in [0.1, 0.15) is 0 Å². The molecule has 2 rings (SSSR count). The summed E-state index contributed by atoms with van der Waals surface area (Å²) in [6.45, 7) is 8.09. The van der Waals surface area contributed by atoms with Crippen LogP contribution in [0.4, 0.5) is 0 Å². The van der Waals surface area contributed by atoms with Crippen LogP contribution in [0.25, 0.3) is 0 Å². The summed E-state index contributed by atoms with van der Waals surface area (Å²) in [6, 6.07) is 6.50. The molecule has 0 unspecified atom stereocenters. The highest BCUT2D eigenvalue weighted by Gasteiger charge is 2.23. The smallest absolute Gasteiger partial charge is 0.0454 e. The van der Waals surface area contributed by atoms with Crippen LogP contribution in [0.2, 0.25) is 5.02 Å². The summed E-state index contributed by atoms with van der Waals surface area (Å²) in [4.78, 5) is 2.52. The van der Waals surface area contributed by atoms with Crippen molar-refractivity contribution < 1.29 is 0 Å². The Morgan fingerprint density at radius 2 is 2.00 bits per heavy atom. The second-order valence-corrected chi connectivity index (χ2v) is 6.16. The highest BCUT2D eigenvalue weighted by Crippen LogP contribution is 2.33. The summed E-state index contributed by atoms with van der Waals surface area (Å²) in [7, 11) is 0. The lowest BCUT2D eigenvalue weighted by Gasteiger charge is -2.35. The fraction of sp³-hybridized carbons (Fsp3) is 0.467. The van der Waals surface area contributed by atoms with E-state index in [0.717, 1.165) is 48.5 Å². The predicted molar refractivity (Wildman–Crippen MR) is 100 cm³/mol. The van der Waals surface area contributed by atoms with Crippen LogP contribution in [0.15, 0.2) is 35.3 Å². The lowest BCUT2D eigenvalue weighted by atomic mass is 9.99. The van der Waals surface area contributed by atoms with Gasteiger partial charge in [0.05, 0.1) is 0 Å². The summed E-state index contributed by atoms with van der Waals surface area (Å²) in [5.41, 5.74) is 1.22. The van der Waals surface area contributed by atoms with E-state index in [-0.39, 0.29) is 24.8 Å². The Labute approximate surface area is 153 Å². The third kappa shape index (κ3) is 6.09. The minimum absolute atomic E-state index is 0. The second-order valence-electron chi connectivity index (χ2n) is 4.83. The summed E-state index contributed by atoms with van der Waals surface area (Å²) in [6.07, 6.45) is 4.07. The number of piperazine rings is 1. The van der Waals surface area contributed by atoms with Crippen molar-refractivity contribution in [2.24, 2.45) is 0 Å². The van der Waals surface area contributed by atoms with Gasteiger partial charge in [-0.15, -0.1) is 31.4 Å². The van der Waals surface area contributed by atoms with Gasteiger partial charge in [-0.1, -0.05) is 33.6 Å². The maximum Gasteiger partial charge on any atom is 0.0454 e. The summed E-state index contributed by atoms with van der Waals surface area (Å²) in [5, 5.41) is 4.26. The molecule has 120 valence electrons. The van der Waals surface area contributed by atoms with E-state index in [0.29, 0.717) is 6.04 Å². The molecule has 0 bridgehead atoms. The van der Waals surface area contributed by atoms with E-state index in [1.54, 1.807) is 0 Å². The van der Waals surface area contributed by atoms with Gasteiger partial charge in [-0.3, -0.25) is 4.90 Å². The van der Waals surface area contributed by atoms with Crippen molar-refractivity contribution >= 4 is 52.3 Å². The van der Waals surface area contributed by atoms with Crippen molar-refractivity contribution in [3.8, 4) is 0 Å². The van der Waals surface area contributed by atoms with Gasteiger partial charge >= 0.3 is 0 Å². The third-order valence-corrected chi connectivity index (χ3v) is 4.39. The van der Waals surface area contributed by atoms with Gasteiger partial charge in [0.2, 0.25) is 0 Å². The molecule has 0 saturated carbocycles. The monoisotopic (exact) mass is 414 g/mol. The fourth-order valence-corrected chi connectivity index (χ4v) is 3.20. The minimum Gasteiger partial charge on any atom is -0.314 e. The molecule has 1 fully saturated rings. The topological polar surface area (TPSA) is 15.3 Å². The first-order valence-electron chi connectivity index (χ1n) is 6.73. The Morgan fingerprint density at radius 1 is 1.33 bits per heavy atom. The Morgan fingerprint density at radius 3 is 2.62 bits per heavy atom. The summed E-state index contributed by atoms with van der Waals surface area (Å²) < 4.78 is 1.09. The van der Waals surface area contributed by atoms with Gasteiger partial charge in [-0.25, -0.2) is 0 Å². The van der Waals surface area contributed by atoms with Crippen molar-refractivity contribution in [1.29, 1.82) is 0 Å². The first-order valence-corrected chi connectivity index (χ1v) is 7.90. The normalized spacial score (nSPS) is 16.5. The van der Waals surface area contributed by atoms with Crippen molar-refractivity contribution in [2.45, 2.75) is 18.9 Å². The molecule has 0 amide bonds. The molecule has 6 heteroatoms. The van der Waals surface area contributed by atoms with Crippen LogP contribution in [-0.2, 0) is 0 Å². The maximum absolute atomic E-state index is 6.40. The van der Waals surface area contributed by atoms with Crippen molar-refractivity contribution in [3.05, 3.63) is 45.9 Å². The van der Waals surface area contributed by atoms with Crippen LogP contribution in [0.1, 0.15) is 24.4 Å². The zero-order valence-corrected chi connectivity index (χ0v) is 15.8. The van der Waals surface area contributed by atoms with Gasteiger partial charge in [-0.05, 0) is 36.6 Å². The van der Waals surface area contributed by atoms with Crippen molar-refractivity contribution in [2.75, 3.05) is 26.2 Å². The molecule has 21 heavy (non-hydrogen) atoms. The van der Waals surface area contributed by atoms with E-state index in [2.05, 4.69) is 38.8 Å². The van der Waals surface area contributed by atoms with Gasteiger partial charge in [0.25, 0.3) is 0 Å². The number of halogens is 4. The lowest BCUT2D eigenvalue weighted by Crippen LogP contribution is -2.45. The van der Waals surface area contributed by atoms with Crippen molar-refractivity contribution in [3.63, 3.8) is 0 Å². The Balaban J connectivity index is 0.00000200. The van der Waals surface area contributed by atoms with Crippen LogP contribution in [0.3, 0.4) is 0 Å². The molecule has 1 heterocycles. The van der Waals surface area contributed by atoms with Crippen LogP contribution in [0, 0.1) is 0 Å². The Kier molecular flexibility index (Phi) is 11.0. The van der Waals surface area contributed by atoms with E-state index < -0.39 is 0 Å². The van der Waals surface area contributed by atoms with E-state index in [1.807, 2.05) is 18.2 Å². The fourth-order valence-electron chi connectivity index (χ4n) is 2.57. The molecule has 1 aliphatic rings. The zero-order chi connectivity index (χ0) is 13.7. The van der Waals surface area contributed by atoms with Gasteiger partial charge in [0, 0.05) is 41.7 Å². The molecule has 1 saturated heterocycles. The molecule has 1 aromatic carbocycles. The van der Waals surface area contributed by atoms with Crippen molar-refractivity contribution in [1.82, 2.24) is 10.2 Å². The Bertz CT molecular complexity index is 437. The number of nitrogens with zero attached hydrogens (tertiary/aromatic N) is 1. The molecule has 1 aromatic rings. The number of rotatable bonds is 5. The van der Waals surface area contributed by atoms with Gasteiger partial charge in [0.15, 0.2) is 0 Å². The average molecular weight is 417 g/mol. The maximum atomic E-state index is 6.40. The SMILES string of the molecule is C=CCC[C@H](c1cc(Br)ccc1Cl)N1CCNCC1.Cl.Cl. The van der Waals surface area contributed by atoms with Crippen LogP contribution in [-0.4, -0.2) is 31.1 Å². The van der Waals surface area contributed by atoms with Gasteiger partial charge in [-0.2, -0.15) is 0 Å². The molecule has 1 atom stereocenters. The van der Waals surface area contributed by atoms with Gasteiger partial charge < -0.3 is 5.32 Å². The molecular formula is C15H22BrCl3N2. The molecule has 0 spiro atoms. The van der Waals surface area contributed by atoms with E-state index >= 15 is 0 Å². The minimum atomic E-state index is 0. The van der Waals surface area contributed by atoms with Crippen LogP contribution >= 0.6 is 52.3 Å². The molecule has 1 aliphatic heterocycles. The first kappa shape index (κ1) is 21.2. The highest BCUT2D eigenvalue weighted by molar-refractivity contribution is 9.10. The standard InChI is InChI=1S/C15H20BrClN2.2ClH/c1-2-3-4-15(19-9-7-18-8-10-19)13-11-12(16)5-6-14(13)17;;/h2,5-6,11,15,18H,1,3-4,7-10H2;2*1H/t15-;;/m1../s1. The number of nitrogens with one attached hydrogen (secondary N) is 1. The van der Waals surface area contributed by atoms with Crippen LogP contribution < -0.4 is 5.32 Å². The number of hydrogen-bond acceptors (Lipinski definition) is 2. The molecule has 2 nitrogen and oxygen atoms in total. The molecule has 0 aromatic heterocycles. The number of benzene rings is 1. The quantitative estimate of drug-likeness (QED) is 0.690. The average Bonchev–Trinajstić information content (AvgIpc) is 2.44. The van der Waals surface area contributed by atoms with E-state index in [1.165, 1.54) is 5.56 Å². The lowest BCUT2D eigenvalue weighted by molar-refractivity contribution is 0.166. The second kappa shape index (κ2) is 10.9. The highest BCUT2D eigenvalue weighted by atomic mass is 79.9. The first-order chi connectivity index (χ1) is 9.22. The summed E-state index contributed by atoms with van der Waals surface area (Å²) >= 11 is 9.95. The molecular weight excluding hydrogens is 394 g/mol. The van der Waals surface area contributed by atoms with E-state index in [9.17, 15) is 0 Å². The molecule has 1 N–H and O–H groups in total. The molecule has 0 aliphatic carbocycles. The number of hydrogen-bond donors (Lipinski definition) is 1. The summed E-state index contributed by atoms with van der Waals surface area (Å²) in [5.74, 6) is 0. The largest absolute Gasteiger partial charge is 0.314 e. The Hall–Kier alpha value is 0.230. The number of allylic oxidation sites excluding steroid dienone is 1. The third-order valence-electron chi connectivity index (χ3n) is 3.55. The van der Waals surface area contributed by atoms with Crippen LogP contribution in [0.5, 0.6) is 0 Å². The molecule has 0 radical (unpaired) electrons.